The van der Waals surface area contributed by atoms with Gasteiger partial charge in [0.15, 0.2) is 0 Å². The van der Waals surface area contributed by atoms with Gasteiger partial charge in [0.05, 0.1) is 0 Å². The first-order valence-electron chi connectivity index (χ1n) is 11.5. The molecule has 3 aromatic rings. The van der Waals surface area contributed by atoms with Crippen molar-refractivity contribution in [3.8, 4) is 0 Å². The standard InChI is InChI=1S/C24H30N8/c1-19-6-8-20(9-7-19)27-21-18-22(30-12-3-2-4-13-30)29-24(28-21)32-16-14-31(15-17-32)23-25-10-5-11-26-23/h5-11,18H,2-4,12-17H2,1H3,(H,27,28,29). The molecule has 2 aromatic heterocycles. The molecule has 0 bridgehead atoms. The predicted octanol–water partition coefficient (Wildman–Crippen LogP) is 3.64. The van der Waals surface area contributed by atoms with E-state index in [2.05, 4.69) is 67.2 Å². The van der Waals surface area contributed by atoms with Crippen LogP contribution in [0.5, 0.6) is 0 Å². The van der Waals surface area contributed by atoms with Crippen LogP contribution in [0.15, 0.2) is 48.8 Å². The Morgan fingerprint density at radius 1 is 0.719 bits per heavy atom. The van der Waals surface area contributed by atoms with Crippen LogP contribution in [0, 0.1) is 6.92 Å². The first kappa shape index (κ1) is 20.5. The second-order valence-electron chi connectivity index (χ2n) is 8.47. The summed E-state index contributed by atoms with van der Waals surface area (Å²) in [6, 6.07) is 12.3. The predicted molar refractivity (Wildman–Crippen MR) is 129 cm³/mol. The molecule has 1 aromatic carbocycles. The van der Waals surface area contributed by atoms with Gasteiger partial charge in [-0.25, -0.2) is 9.97 Å². The average molecular weight is 431 g/mol. The Labute approximate surface area is 189 Å². The van der Waals surface area contributed by atoms with E-state index in [0.29, 0.717) is 0 Å². The van der Waals surface area contributed by atoms with E-state index >= 15 is 0 Å². The van der Waals surface area contributed by atoms with Crippen LogP contribution in [0.25, 0.3) is 0 Å². The number of nitrogens with zero attached hydrogens (tertiary/aromatic N) is 7. The van der Waals surface area contributed by atoms with Crippen LogP contribution in [-0.4, -0.2) is 59.2 Å². The molecule has 4 heterocycles. The van der Waals surface area contributed by atoms with Crippen molar-refractivity contribution in [1.29, 1.82) is 0 Å². The zero-order chi connectivity index (χ0) is 21.8. The van der Waals surface area contributed by atoms with Gasteiger partial charge in [-0.2, -0.15) is 9.97 Å². The number of anilines is 5. The quantitative estimate of drug-likeness (QED) is 0.658. The lowest BCUT2D eigenvalue weighted by atomic mass is 10.1. The fourth-order valence-corrected chi connectivity index (χ4v) is 4.26. The van der Waals surface area contributed by atoms with E-state index in [-0.39, 0.29) is 0 Å². The molecule has 8 nitrogen and oxygen atoms in total. The van der Waals surface area contributed by atoms with Crippen LogP contribution >= 0.6 is 0 Å². The van der Waals surface area contributed by atoms with Gasteiger partial charge < -0.3 is 20.0 Å². The lowest BCUT2D eigenvalue weighted by Gasteiger charge is -2.35. The number of aryl methyl sites for hydroxylation is 1. The summed E-state index contributed by atoms with van der Waals surface area (Å²) in [7, 11) is 0. The average Bonchev–Trinajstić information content (AvgIpc) is 2.86. The van der Waals surface area contributed by atoms with E-state index in [1.807, 2.05) is 6.07 Å². The minimum Gasteiger partial charge on any atom is -0.356 e. The van der Waals surface area contributed by atoms with Crippen molar-refractivity contribution in [2.45, 2.75) is 26.2 Å². The first-order chi connectivity index (χ1) is 15.7. The maximum atomic E-state index is 4.99. The van der Waals surface area contributed by atoms with Crippen LogP contribution in [0.3, 0.4) is 0 Å². The molecule has 0 spiro atoms. The van der Waals surface area contributed by atoms with Gasteiger partial charge in [-0.05, 0) is 44.4 Å². The molecule has 2 aliphatic rings. The monoisotopic (exact) mass is 430 g/mol. The minimum absolute atomic E-state index is 0.788. The molecule has 1 N–H and O–H groups in total. The lowest BCUT2D eigenvalue weighted by molar-refractivity contribution is 0.571. The van der Waals surface area contributed by atoms with Gasteiger partial charge in [-0.15, -0.1) is 0 Å². The van der Waals surface area contributed by atoms with Crippen molar-refractivity contribution in [2.24, 2.45) is 0 Å². The maximum absolute atomic E-state index is 4.99. The Morgan fingerprint density at radius 2 is 1.38 bits per heavy atom. The van der Waals surface area contributed by atoms with Crippen LogP contribution in [0.1, 0.15) is 24.8 Å². The Hall–Kier alpha value is -3.42. The SMILES string of the molecule is Cc1ccc(Nc2cc(N3CCCCC3)nc(N3CCN(c4ncccn4)CC3)n2)cc1. The fourth-order valence-electron chi connectivity index (χ4n) is 4.26. The highest BCUT2D eigenvalue weighted by atomic mass is 15.4. The molecule has 0 radical (unpaired) electrons. The van der Waals surface area contributed by atoms with Crippen molar-refractivity contribution in [1.82, 2.24) is 19.9 Å². The van der Waals surface area contributed by atoms with Gasteiger partial charge >= 0.3 is 0 Å². The molecule has 32 heavy (non-hydrogen) atoms. The summed E-state index contributed by atoms with van der Waals surface area (Å²) in [6.45, 7) is 7.59. The molecule has 2 saturated heterocycles. The molecule has 0 saturated carbocycles. The first-order valence-corrected chi connectivity index (χ1v) is 11.5. The van der Waals surface area contributed by atoms with Crippen LogP contribution in [-0.2, 0) is 0 Å². The van der Waals surface area contributed by atoms with Crippen LogP contribution < -0.4 is 20.0 Å². The van der Waals surface area contributed by atoms with E-state index in [4.69, 9.17) is 9.97 Å². The van der Waals surface area contributed by atoms with Gasteiger partial charge in [0.25, 0.3) is 0 Å². The fraction of sp³-hybridized carbons (Fsp3) is 0.417. The minimum atomic E-state index is 0.788. The zero-order valence-electron chi connectivity index (χ0n) is 18.6. The number of aromatic nitrogens is 4. The number of piperazine rings is 1. The topological polar surface area (TPSA) is 73.3 Å². The summed E-state index contributed by atoms with van der Waals surface area (Å²) in [5.41, 5.74) is 2.28. The number of rotatable bonds is 5. The van der Waals surface area contributed by atoms with Gasteiger partial charge in [-0.3, -0.25) is 0 Å². The molecule has 0 atom stereocenters. The zero-order valence-corrected chi connectivity index (χ0v) is 18.6. The summed E-state index contributed by atoms with van der Waals surface area (Å²) >= 11 is 0. The molecule has 5 rings (SSSR count). The van der Waals surface area contributed by atoms with E-state index in [9.17, 15) is 0 Å². The third-order valence-electron chi connectivity index (χ3n) is 6.10. The van der Waals surface area contributed by atoms with Gasteiger partial charge in [-0.1, -0.05) is 17.7 Å². The second-order valence-corrected chi connectivity index (χ2v) is 8.47. The Kier molecular flexibility index (Phi) is 6.00. The molecule has 166 valence electrons. The highest BCUT2D eigenvalue weighted by Crippen LogP contribution is 2.26. The van der Waals surface area contributed by atoms with Crippen molar-refractivity contribution < 1.29 is 0 Å². The van der Waals surface area contributed by atoms with Crippen molar-refractivity contribution in [3.63, 3.8) is 0 Å². The molecule has 2 fully saturated rings. The molecule has 8 heteroatoms. The van der Waals surface area contributed by atoms with E-state index in [0.717, 1.165) is 68.5 Å². The smallest absolute Gasteiger partial charge is 0.229 e. The van der Waals surface area contributed by atoms with Gasteiger partial charge in [0.2, 0.25) is 11.9 Å². The largest absolute Gasteiger partial charge is 0.356 e. The van der Waals surface area contributed by atoms with Gasteiger partial charge in [0, 0.05) is 63.4 Å². The number of nitrogens with one attached hydrogen (secondary N) is 1. The van der Waals surface area contributed by atoms with Gasteiger partial charge in [0.1, 0.15) is 11.6 Å². The van der Waals surface area contributed by atoms with Crippen molar-refractivity contribution in [2.75, 3.05) is 59.3 Å². The van der Waals surface area contributed by atoms with Crippen LogP contribution in [0.2, 0.25) is 0 Å². The van der Waals surface area contributed by atoms with Crippen molar-refractivity contribution >= 4 is 29.2 Å². The number of hydrogen-bond donors (Lipinski definition) is 1. The number of piperidine rings is 1. The molecular weight excluding hydrogens is 400 g/mol. The van der Waals surface area contributed by atoms with E-state index < -0.39 is 0 Å². The molecule has 2 aliphatic heterocycles. The second kappa shape index (κ2) is 9.38. The highest BCUT2D eigenvalue weighted by molar-refractivity contribution is 5.62. The summed E-state index contributed by atoms with van der Waals surface area (Å²) in [4.78, 5) is 25.5. The number of hydrogen-bond acceptors (Lipinski definition) is 8. The lowest BCUT2D eigenvalue weighted by Crippen LogP contribution is -2.47. The Balaban J connectivity index is 1.37. The normalized spacial score (nSPS) is 16.8. The Morgan fingerprint density at radius 3 is 2.06 bits per heavy atom. The number of benzene rings is 1. The highest BCUT2D eigenvalue weighted by Gasteiger charge is 2.23. The maximum Gasteiger partial charge on any atom is 0.229 e. The van der Waals surface area contributed by atoms with E-state index in [1.165, 1.54) is 24.8 Å². The summed E-state index contributed by atoms with van der Waals surface area (Å²) in [6.07, 6.45) is 7.32. The summed E-state index contributed by atoms with van der Waals surface area (Å²) in [5, 5.41) is 3.49. The summed E-state index contributed by atoms with van der Waals surface area (Å²) < 4.78 is 0. The van der Waals surface area contributed by atoms with Crippen LogP contribution in [0.4, 0.5) is 29.2 Å². The Bertz CT molecular complexity index is 1010. The molecule has 0 unspecified atom stereocenters. The van der Waals surface area contributed by atoms with E-state index in [1.54, 1.807) is 12.4 Å². The third-order valence-corrected chi connectivity index (χ3v) is 6.10. The molecular formula is C24H30N8. The third kappa shape index (κ3) is 4.74. The summed E-state index contributed by atoms with van der Waals surface area (Å²) in [5.74, 6) is 3.43. The molecule has 0 aliphatic carbocycles. The molecule has 0 amide bonds. The van der Waals surface area contributed by atoms with Crippen molar-refractivity contribution in [3.05, 3.63) is 54.4 Å².